The molecule has 1 amide bonds. The van der Waals surface area contributed by atoms with Crippen LogP contribution in [0.25, 0.3) is 5.03 Å². The van der Waals surface area contributed by atoms with Gasteiger partial charge in [-0.05, 0) is 30.2 Å². The second-order valence-electron chi connectivity index (χ2n) is 5.84. The highest BCUT2D eigenvalue weighted by molar-refractivity contribution is 6.51. The molecule has 2 aromatic carbocycles. The summed E-state index contributed by atoms with van der Waals surface area (Å²) in [7, 11) is 0. The minimum absolute atomic E-state index is 0.00802. The van der Waals surface area contributed by atoms with E-state index in [4.69, 9.17) is 16.8 Å². The molecule has 6 heteroatoms. The first kappa shape index (κ1) is 17.2. The molecule has 0 spiro atoms. The van der Waals surface area contributed by atoms with Crippen LogP contribution in [-0.4, -0.2) is 17.3 Å². The first-order valence-corrected chi connectivity index (χ1v) is 8.10. The summed E-state index contributed by atoms with van der Waals surface area (Å²) in [6.45, 7) is 1.91. The van der Waals surface area contributed by atoms with Crippen molar-refractivity contribution in [3.8, 4) is 0 Å². The van der Waals surface area contributed by atoms with E-state index in [1.54, 1.807) is 36.1 Å². The Morgan fingerprint density at radius 2 is 2.08 bits per heavy atom. The first-order chi connectivity index (χ1) is 12.0. The molecule has 0 aliphatic carbocycles. The Labute approximate surface area is 149 Å². The van der Waals surface area contributed by atoms with E-state index in [-0.39, 0.29) is 24.7 Å². The van der Waals surface area contributed by atoms with E-state index < -0.39 is 0 Å². The third-order valence-corrected chi connectivity index (χ3v) is 4.59. The van der Waals surface area contributed by atoms with Crippen molar-refractivity contribution in [3.63, 3.8) is 0 Å². The number of para-hydroxylation sites is 1. The van der Waals surface area contributed by atoms with Crippen molar-refractivity contribution in [1.82, 2.24) is 0 Å². The summed E-state index contributed by atoms with van der Waals surface area (Å²) < 4.78 is 13.9. The maximum absolute atomic E-state index is 13.9. The maximum Gasteiger partial charge on any atom is 0.231 e. The number of hydrogen-bond donors (Lipinski definition) is 1. The van der Waals surface area contributed by atoms with Gasteiger partial charge in [-0.1, -0.05) is 47.1 Å². The van der Waals surface area contributed by atoms with Crippen molar-refractivity contribution in [2.24, 2.45) is 5.16 Å². The van der Waals surface area contributed by atoms with Crippen LogP contribution in [0.2, 0.25) is 0 Å². The summed E-state index contributed by atoms with van der Waals surface area (Å²) in [5.74, 6) is -0.517. The molecule has 128 valence electrons. The van der Waals surface area contributed by atoms with Gasteiger partial charge in [-0.2, -0.15) is 0 Å². The minimum Gasteiger partial charge on any atom is -0.411 e. The van der Waals surface area contributed by atoms with Gasteiger partial charge in [-0.25, -0.2) is 4.39 Å². The summed E-state index contributed by atoms with van der Waals surface area (Å²) in [6.07, 6.45) is 1.16. The highest BCUT2D eigenvalue weighted by Gasteiger charge is 2.26. The highest BCUT2D eigenvalue weighted by atomic mass is 35.5. The van der Waals surface area contributed by atoms with E-state index in [9.17, 15) is 9.18 Å². The molecule has 3 rings (SSSR count). The largest absolute Gasteiger partial charge is 0.411 e. The van der Waals surface area contributed by atoms with Gasteiger partial charge in [0.2, 0.25) is 5.91 Å². The van der Waals surface area contributed by atoms with Gasteiger partial charge in [0, 0.05) is 11.1 Å². The average Bonchev–Trinajstić information content (AvgIpc) is 2.70. The summed E-state index contributed by atoms with van der Waals surface area (Å²) >= 11 is 6.41. The zero-order chi connectivity index (χ0) is 18.0. The SMILES string of the molecule is Cc1ccc(CN2C(=O)CC(/C=N/O)=C(Cl)c3ccccc32)cc1F. The standard InChI is InChI=1S/C19H16ClFN2O2/c1-12-6-7-13(8-16(12)21)11-23-17-5-3-2-4-15(17)19(20)14(10-22-25)9-18(23)24/h2-8,10,25H,9,11H2,1H3/b22-10+. The molecule has 2 aromatic rings. The van der Waals surface area contributed by atoms with Gasteiger partial charge in [0.1, 0.15) is 5.82 Å². The van der Waals surface area contributed by atoms with Gasteiger partial charge in [0.15, 0.2) is 0 Å². The maximum atomic E-state index is 13.9. The quantitative estimate of drug-likeness (QED) is 0.499. The van der Waals surface area contributed by atoms with Crippen LogP contribution < -0.4 is 4.90 Å². The van der Waals surface area contributed by atoms with Crippen LogP contribution >= 0.6 is 11.6 Å². The first-order valence-electron chi connectivity index (χ1n) is 7.72. The van der Waals surface area contributed by atoms with Crippen LogP contribution in [0.4, 0.5) is 10.1 Å². The molecule has 1 aliphatic rings. The van der Waals surface area contributed by atoms with Crippen LogP contribution in [0.15, 0.2) is 53.2 Å². The predicted octanol–water partition coefficient (Wildman–Crippen LogP) is 4.48. The number of carbonyl (C=O) groups is 1. The highest BCUT2D eigenvalue weighted by Crippen LogP contribution is 2.37. The zero-order valence-corrected chi connectivity index (χ0v) is 14.3. The van der Waals surface area contributed by atoms with E-state index in [0.717, 1.165) is 0 Å². The number of carbonyl (C=O) groups excluding carboxylic acids is 1. The molecule has 25 heavy (non-hydrogen) atoms. The minimum atomic E-state index is -0.308. The molecule has 0 unspecified atom stereocenters. The summed E-state index contributed by atoms with van der Waals surface area (Å²) in [5, 5.41) is 12.2. The molecule has 0 saturated heterocycles. The number of halogens is 2. The van der Waals surface area contributed by atoms with Crippen molar-refractivity contribution < 1.29 is 14.4 Å². The molecule has 1 heterocycles. The number of aryl methyl sites for hydroxylation is 1. The third kappa shape index (κ3) is 3.42. The van der Waals surface area contributed by atoms with Crippen molar-refractivity contribution >= 4 is 34.4 Å². The van der Waals surface area contributed by atoms with Crippen molar-refractivity contribution in [2.45, 2.75) is 19.9 Å². The summed E-state index contributed by atoms with van der Waals surface area (Å²) in [5.41, 5.74) is 2.97. The van der Waals surface area contributed by atoms with Crippen LogP contribution in [0.1, 0.15) is 23.1 Å². The van der Waals surface area contributed by atoms with Gasteiger partial charge >= 0.3 is 0 Å². The van der Waals surface area contributed by atoms with Crippen LogP contribution in [0.5, 0.6) is 0 Å². The predicted molar refractivity (Wildman–Crippen MR) is 96.4 cm³/mol. The fourth-order valence-electron chi connectivity index (χ4n) is 2.80. The smallest absolute Gasteiger partial charge is 0.231 e. The molecule has 0 aromatic heterocycles. The molecule has 1 N–H and O–H groups in total. The second-order valence-corrected chi connectivity index (χ2v) is 6.22. The van der Waals surface area contributed by atoms with Gasteiger partial charge in [0.05, 0.1) is 29.9 Å². The van der Waals surface area contributed by atoms with E-state index in [1.807, 2.05) is 12.1 Å². The Bertz CT molecular complexity index is 893. The summed E-state index contributed by atoms with van der Waals surface area (Å²) in [4.78, 5) is 14.3. The molecule has 0 bridgehead atoms. The van der Waals surface area contributed by atoms with E-state index >= 15 is 0 Å². The van der Waals surface area contributed by atoms with Gasteiger partial charge in [0.25, 0.3) is 0 Å². The second kappa shape index (κ2) is 7.07. The lowest BCUT2D eigenvalue weighted by atomic mass is 10.1. The monoisotopic (exact) mass is 358 g/mol. The normalized spacial score (nSPS) is 14.8. The topological polar surface area (TPSA) is 52.9 Å². The number of amides is 1. The Morgan fingerprint density at radius 3 is 2.80 bits per heavy atom. The fourth-order valence-corrected chi connectivity index (χ4v) is 3.08. The molecular formula is C19H16ClFN2O2. The molecule has 4 nitrogen and oxygen atoms in total. The lowest BCUT2D eigenvalue weighted by molar-refractivity contribution is -0.118. The number of fused-ring (bicyclic) bond motifs is 1. The van der Waals surface area contributed by atoms with Crippen LogP contribution in [-0.2, 0) is 11.3 Å². The molecular weight excluding hydrogens is 343 g/mol. The molecule has 1 aliphatic heterocycles. The number of oxime groups is 1. The lowest BCUT2D eigenvalue weighted by Gasteiger charge is -2.23. The Morgan fingerprint density at radius 1 is 1.32 bits per heavy atom. The fraction of sp³-hybridized carbons (Fsp3) is 0.158. The van der Waals surface area contributed by atoms with Crippen molar-refractivity contribution in [2.75, 3.05) is 4.90 Å². The Balaban J connectivity index is 2.05. The molecule has 0 saturated carbocycles. The Kier molecular flexibility index (Phi) is 4.86. The molecule has 0 radical (unpaired) electrons. The van der Waals surface area contributed by atoms with Gasteiger partial charge in [-0.15, -0.1) is 0 Å². The molecule has 0 fully saturated rings. The number of benzene rings is 2. The molecule has 0 atom stereocenters. The zero-order valence-electron chi connectivity index (χ0n) is 13.5. The number of hydrogen-bond acceptors (Lipinski definition) is 3. The number of anilines is 1. The van der Waals surface area contributed by atoms with Gasteiger partial charge < -0.3 is 10.1 Å². The van der Waals surface area contributed by atoms with Crippen LogP contribution in [0.3, 0.4) is 0 Å². The lowest BCUT2D eigenvalue weighted by Crippen LogP contribution is -2.30. The third-order valence-electron chi connectivity index (χ3n) is 4.15. The average molecular weight is 359 g/mol. The van der Waals surface area contributed by atoms with Crippen molar-refractivity contribution in [1.29, 1.82) is 0 Å². The number of rotatable bonds is 3. The Hall–Kier alpha value is -2.66. The van der Waals surface area contributed by atoms with E-state index in [1.165, 1.54) is 12.3 Å². The van der Waals surface area contributed by atoms with Crippen LogP contribution in [0, 0.1) is 12.7 Å². The van der Waals surface area contributed by atoms with E-state index in [2.05, 4.69) is 5.16 Å². The summed E-state index contributed by atoms with van der Waals surface area (Å²) in [6, 6.07) is 12.1. The van der Waals surface area contributed by atoms with Crippen molar-refractivity contribution in [3.05, 3.63) is 70.5 Å². The van der Waals surface area contributed by atoms with Gasteiger partial charge in [-0.3, -0.25) is 4.79 Å². The van der Waals surface area contributed by atoms with E-state index in [0.29, 0.717) is 33.0 Å². The number of nitrogens with zero attached hydrogens (tertiary/aromatic N) is 2.